The van der Waals surface area contributed by atoms with E-state index in [1.54, 1.807) is 24.3 Å². The number of fused-ring (bicyclic) bond motifs is 1. The molecule has 7 nitrogen and oxygen atoms in total. The highest BCUT2D eigenvalue weighted by Crippen LogP contribution is 2.38. The maximum atomic E-state index is 13.7. The molecule has 2 amide bonds. The van der Waals surface area contributed by atoms with Crippen molar-refractivity contribution >= 4 is 11.7 Å². The number of ether oxygens (including phenoxy) is 1. The van der Waals surface area contributed by atoms with Crippen molar-refractivity contribution in [2.24, 2.45) is 11.7 Å². The first-order chi connectivity index (χ1) is 20.0. The third kappa shape index (κ3) is 6.28. The van der Waals surface area contributed by atoms with Crippen LogP contribution in [0.2, 0.25) is 0 Å². The van der Waals surface area contributed by atoms with Gasteiger partial charge in [-0.1, -0.05) is 56.3 Å². The van der Waals surface area contributed by atoms with Crippen LogP contribution in [0.1, 0.15) is 41.8 Å². The lowest BCUT2D eigenvalue weighted by Gasteiger charge is -2.28. The highest BCUT2D eigenvalue weighted by Gasteiger charge is 2.34. The Bertz CT molecular complexity index is 1580. The van der Waals surface area contributed by atoms with Crippen LogP contribution in [0.4, 0.5) is 23.7 Å². The fourth-order valence-electron chi connectivity index (χ4n) is 5.33. The zero-order chi connectivity index (χ0) is 30.0. The van der Waals surface area contributed by atoms with Gasteiger partial charge in [0.2, 0.25) is 0 Å². The second-order valence-corrected chi connectivity index (χ2v) is 11.0. The number of aryl methyl sites for hydroxylation is 1. The number of anilines is 1. The van der Waals surface area contributed by atoms with Crippen molar-refractivity contribution in [3.8, 4) is 22.7 Å². The number of nitrogens with two attached hydrogens (primary N) is 1. The Morgan fingerprint density at radius 2 is 1.81 bits per heavy atom. The monoisotopic (exact) mass is 577 g/mol. The lowest BCUT2D eigenvalue weighted by molar-refractivity contribution is -0.138. The smallest absolute Gasteiger partial charge is 0.416 e. The van der Waals surface area contributed by atoms with Gasteiger partial charge in [-0.2, -0.15) is 18.3 Å². The number of aromatic nitrogens is 2. The maximum Gasteiger partial charge on any atom is 0.416 e. The van der Waals surface area contributed by atoms with Gasteiger partial charge >= 0.3 is 12.2 Å². The highest BCUT2D eigenvalue weighted by molar-refractivity contribution is 5.88. The molecule has 0 radical (unpaired) electrons. The predicted octanol–water partition coefficient (Wildman–Crippen LogP) is 6.95. The van der Waals surface area contributed by atoms with Crippen molar-refractivity contribution in [1.82, 2.24) is 14.7 Å². The van der Waals surface area contributed by atoms with Crippen LogP contribution in [0.3, 0.4) is 0 Å². The molecule has 0 bridgehead atoms. The molecule has 42 heavy (non-hydrogen) atoms. The molecule has 0 aliphatic carbocycles. The second-order valence-electron chi connectivity index (χ2n) is 11.0. The van der Waals surface area contributed by atoms with E-state index in [1.165, 1.54) is 6.07 Å². The molecule has 1 aromatic heterocycles. The van der Waals surface area contributed by atoms with E-state index in [0.717, 1.165) is 39.8 Å². The molecular formula is C32H34F3N5O2. The molecule has 0 unspecified atom stereocenters. The summed E-state index contributed by atoms with van der Waals surface area (Å²) in [6, 6.07) is 18.2. The third-order valence-electron chi connectivity index (χ3n) is 7.24. The van der Waals surface area contributed by atoms with Crippen molar-refractivity contribution in [2.45, 2.75) is 46.5 Å². The lowest BCUT2D eigenvalue weighted by atomic mass is 9.99. The van der Waals surface area contributed by atoms with Gasteiger partial charge in [0.25, 0.3) is 0 Å². The molecule has 0 fully saturated rings. The summed E-state index contributed by atoms with van der Waals surface area (Å²) >= 11 is 0. The summed E-state index contributed by atoms with van der Waals surface area (Å²) in [7, 11) is 0. The summed E-state index contributed by atoms with van der Waals surface area (Å²) in [6.45, 7) is 7.86. The number of para-hydroxylation sites is 1. The van der Waals surface area contributed by atoms with Crippen molar-refractivity contribution in [2.75, 3.05) is 18.5 Å². The van der Waals surface area contributed by atoms with Gasteiger partial charge < -0.3 is 15.8 Å². The Hall–Kier alpha value is -4.31. The molecule has 0 saturated carbocycles. The minimum atomic E-state index is -4.43. The van der Waals surface area contributed by atoms with E-state index in [9.17, 15) is 18.0 Å². The minimum Gasteiger partial charge on any atom is -0.491 e. The average Bonchev–Trinajstić information content (AvgIpc) is 3.30. The molecule has 0 atom stereocenters. The lowest BCUT2D eigenvalue weighted by Crippen LogP contribution is -2.30. The van der Waals surface area contributed by atoms with Gasteiger partial charge in [-0.25, -0.2) is 9.48 Å². The van der Waals surface area contributed by atoms with Crippen LogP contribution in [0.5, 0.6) is 5.75 Å². The van der Waals surface area contributed by atoms with Gasteiger partial charge in [-0.3, -0.25) is 4.90 Å². The fourth-order valence-corrected chi connectivity index (χ4v) is 5.33. The van der Waals surface area contributed by atoms with Crippen LogP contribution in [0.25, 0.3) is 16.9 Å². The number of nitrogens with zero attached hydrogens (tertiary/aromatic N) is 3. The number of amides is 2. The molecule has 1 aliphatic rings. The van der Waals surface area contributed by atoms with Gasteiger partial charge in [0.05, 0.1) is 23.6 Å². The number of alkyl halides is 3. The van der Waals surface area contributed by atoms with Gasteiger partial charge in [-0.05, 0) is 48.2 Å². The largest absolute Gasteiger partial charge is 0.491 e. The number of urea groups is 1. The number of hydrogen-bond donors (Lipinski definition) is 2. The van der Waals surface area contributed by atoms with Gasteiger partial charge in [0, 0.05) is 42.9 Å². The average molecular weight is 578 g/mol. The third-order valence-corrected chi connectivity index (χ3v) is 7.24. The number of halogens is 3. The van der Waals surface area contributed by atoms with E-state index in [0.29, 0.717) is 43.5 Å². The van der Waals surface area contributed by atoms with Crippen LogP contribution in [0, 0.1) is 12.8 Å². The number of benzene rings is 3. The Morgan fingerprint density at radius 3 is 2.50 bits per heavy atom. The van der Waals surface area contributed by atoms with Crippen LogP contribution in [-0.2, 0) is 25.7 Å². The van der Waals surface area contributed by atoms with Crippen LogP contribution in [0.15, 0.2) is 66.7 Å². The zero-order valence-electron chi connectivity index (χ0n) is 23.8. The summed E-state index contributed by atoms with van der Waals surface area (Å²) < 4.78 is 49.3. The van der Waals surface area contributed by atoms with E-state index < -0.39 is 17.8 Å². The molecule has 4 aromatic rings. The first kappa shape index (κ1) is 29.2. The van der Waals surface area contributed by atoms with E-state index in [2.05, 4.69) is 19.2 Å². The summed E-state index contributed by atoms with van der Waals surface area (Å²) in [5.41, 5.74) is 10.8. The first-order valence-corrected chi connectivity index (χ1v) is 13.9. The SMILES string of the molecule is Cc1cccc(OCC(C)C)c1-n1nc2c(c1-c1ccc(NC(N)=O)cc1)CN(Cc1ccccc1C(F)(F)F)CC2. The summed E-state index contributed by atoms with van der Waals surface area (Å²) in [6.07, 6.45) is -3.84. The molecule has 1 aliphatic heterocycles. The van der Waals surface area contributed by atoms with Gasteiger partial charge in [0.15, 0.2) is 0 Å². The van der Waals surface area contributed by atoms with Crippen LogP contribution in [-0.4, -0.2) is 33.9 Å². The molecule has 3 aromatic carbocycles. The summed E-state index contributed by atoms with van der Waals surface area (Å²) in [4.78, 5) is 13.4. The predicted molar refractivity (Wildman–Crippen MR) is 157 cm³/mol. The molecule has 0 spiro atoms. The van der Waals surface area contributed by atoms with Crippen molar-refractivity contribution in [1.29, 1.82) is 0 Å². The molecule has 5 rings (SSSR count). The Labute approximate surface area is 243 Å². The minimum absolute atomic E-state index is 0.161. The highest BCUT2D eigenvalue weighted by atomic mass is 19.4. The van der Waals surface area contributed by atoms with Crippen LogP contribution < -0.4 is 15.8 Å². The molecule has 220 valence electrons. The normalized spacial score (nSPS) is 13.7. The number of carbonyl (C=O) groups is 1. The molecule has 3 N–H and O–H groups in total. The number of primary amides is 1. The summed E-state index contributed by atoms with van der Waals surface area (Å²) in [5, 5.41) is 7.63. The van der Waals surface area contributed by atoms with E-state index in [4.69, 9.17) is 15.6 Å². The fraction of sp³-hybridized carbons (Fsp3) is 0.312. The van der Waals surface area contributed by atoms with E-state index in [-0.39, 0.29) is 12.1 Å². The van der Waals surface area contributed by atoms with Crippen LogP contribution >= 0.6 is 0 Å². The number of rotatable bonds is 8. The second kappa shape index (κ2) is 11.9. The number of nitrogens with one attached hydrogen (secondary N) is 1. The van der Waals surface area contributed by atoms with Crippen molar-refractivity contribution in [3.63, 3.8) is 0 Å². The standard InChI is InChI=1S/C32H34F3N5O2/c1-20(2)19-42-28-10-6-7-21(3)29(28)40-30(22-11-13-24(14-12-22)37-31(36)41)25-18-39(16-15-27(25)38-40)17-23-8-4-5-9-26(23)32(33,34)35/h4-14,20H,15-19H2,1-3H3,(H3,36,37,41). The van der Waals surface area contributed by atoms with Gasteiger partial charge in [0.1, 0.15) is 11.4 Å². The molecule has 2 heterocycles. The maximum absolute atomic E-state index is 13.7. The Morgan fingerprint density at radius 1 is 1.07 bits per heavy atom. The van der Waals surface area contributed by atoms with Crippen molar-refractivity contribution in [3.05, 3.63) is 94.7 Å². The summed E-state index contributed by atoms with van der Waals surface area (Å²) in [5.74, 6) is 1.02. The molecule has 10 heteroatoms. The first-order valence-electron chi connectivity index (χ1n) is 13.9. The molecule has 0 saturated heterocycles. The number of carbonyl (C=O) groups excluding carboxylic acids is 1. The quantitative estimate of drug-likeness (QED) is 0.237. The zero-order valence-corrected chi connectivity index (χ0v) is 23.8. The number of hydrogen-bond acceptors (Lipinski definition) is 4. The van der Waals surface area contributed by atoms with Gasteiger partial charge in [-0.15, -0.1) is 0 Å². The van der Waals surface area contributed by atoms with E-state index >= 15 is 0 Å². The topological polar surface area (TPSA) is 85.4 Å². The van der Waals surface area contributed by atoms with Crippen molar-refractivity contribution < 1.29 is 22.7 Å². The molecular weight excluding hydrogens is 543 g/mol. The Balaban J connectivity index is 1.59. The van der Waals surface area contributed by atoms with E-state index in [1.807, 2.05) is 46.8 Å². The Kier molecular flexibility index (Phi) is 8.27.